The third kappa shape index (κ3) is 5.59. The van der Waals surface area contributed by atoms with E-state index in [2.05, 4.69) is 27.0 Å². The highest BCUT2D eigenvalue weighted by Gasteiger charge is 2.82. The van der Waals surface area contributed by atoms with Gasteiger partial charge in [-0.05, 0) is 71.2 Å². The first-order valence-corrected chi connectivity index (χ1v) is 18.5. The molecule has 10 heteroatoms. The standard InChI is InChI=1S/C45H54O10/c1-13-21-29-27(5)37(48-7)41(52-11)44(39(29)50-9,54-35(46)15-3)43(33-25-19-17-23-31(33)32-24-18-20-26-34(32)43)45(55-36(47)16-4)40(51-10)30(22-14-2)28(6)38(49-8)42(45)53-12/h15-20,23-26,39-40H,3-4,13-14,21-22H2,1-2,5-12H3. The number of rotatable bonds is 16. The van der Waals surface area contributed by atoms with E-state index in [1.807, 2.05) is 62.4 Å². The molecule has 0 fully saturated rings. The van der Waals surface area contributed by atoms with Gasteiger partial charge in [0.15, 0.2) is 23.0 Å². The molecule has 294 valence electrons. The smallest absolute Gasteiger partial charge is 0.331 e. The van der Waals surface area contributed by atoms with Crippen LogP contribution in [0.3, 0.4) is 0 Å². The third-order valence-corrected chi connectivity index (χ3v) is 11.4. The average molecular weight is 755 g/mol. The molecule has 4 unspecified atom stereocenters. The summed E-state index contributed by atoms with van der Waals surface area (Å²) in [4.78, 5) is 28.8. The highest BCUT2D eigenvalue weighted by atomic mass is 16.6. The maximum absolute atomic E-state index is 14.4. The van der Waals surface area contributed by atoms with Crippen LogP contribution in [-0.4, -0.2) is 78.0 Å². The summed E-state index contributed by atoms with van der Waals surface area (Å²) in [6, 6.07) is 15.5. The number of methoxy groups -OCH3 is 6. The van der Waals surface area contributed by atoms with Crippen molar-refractivity contribution in [2.45, 2.75) is 82.2 Å². The first-order valence-electron chi connectivity index (χ1n) is 18.5. The lowest BCUT2D eigenvalue weighted by molar-refractivity contribution is -0.230. The molecule has 2 aromatic carbocycles. The molecule has 5 rings (SSSR count). The lowest BCUT2D eigenvalue weighted by Gasteiger charge is -2.62. The fraction of sp³-hybridized carbons (Fsp3) is 0.422. The first kappa shape index (κ1) is 41.1. The first-order chi connectivity index (χ1) is 26.5. The predicted molar refractivity (Wildman–Crippen MR) is 210 cm³/mol. The highest BCUT2D eigenvalue weighted by molar-refractivity contribution is 5.89. The van der Waals surface area contributed by atoms with Crippen LogP contribution in [0, 0.1) is 0 Å². The Hall–Kier alpha value is -5.06. The van der Waals surface area contributed by atoms with Crippen LogP contribution in [0.1, 0.15) is 64.5 Å². The minimum absolute atomic E-state index is 0.113. The lowest BCUT2D eigenvalue weighted by atomic mass is 9.48. The Morgan fingerprint density at radius 1 is 0.618 bits per heavy atom. The topological polar surface area (TPSA) is 108 Å². The maximum atomic E-state index is 14.4. The molecule has 55 heavy (non-hydrogen) atoms. The van der Waals surface area contributed by atoms with Gasteiger partial charge in [-0.1, -0.05) is 88.4 Å². The van der Waals surface area contributed by atoms with Gasteiger partial charge < -0.3 is 37.9 Å². The molecular formula is C45H54O10. The fourth-order valence-corrected chi connectivity index (χ4v) is 9.66. The van der Waals surface area contributed by atoms with Gasteiger partial charge in [0, 0.05) is 26.4 Å². The van der Waals surface area contributed by atoms with Gasteiger partial charge in [0.25, 0.3) is 0 Å². The molecule has 0 amide bonds. The Kier molecular flexibility index (Phi) is 12.2. The molecule has 3 aliphatic carbocycles. The number of carbonyl (C=O) groups is 2. The van der Waals surface area contributed by atoms with Gasteiger partial charge in [-0.2, -0.15) is 0 Å². The molecule has 0 N–H and O–H groups in total. The van der Waals surface area contributed by atoms with Gasteiger partial charge in [-0.3, -0.25) is 0 Å². The van der Waals surface area contributed by atoms with E-state index < -0.39 is 40.8 Å². The van der Waals surface area contributed by atoms with E-state index in [4.69, 9.17) is 37.9 Å². The molecule has 4 atom stereocenters. The summed E-state index contributed by atoms with van der Waals surface area (Å²) in [5.74, 6) is -0.723. The predicted octanol–water partition coefficient (Wildman–Crippen LogP) is 8.19. The maximum Gasteiger partial charge on any atom is 0.331 e. The summed E-state index contributed by atoms with van der Waals surface area (Å²) in [5.41, 5.74) is -0.272. The molecule has 0 radical (unpaired) electrons. The van der Waals surface area contributed by atoms with Crippen molar-refractivity contribution in [2.75, 3.05) is 42.7 Å². The molecule has 0 spiro atoms. The molecule has 0 saturated carbocycles. The van der Waals surface area contributed by atoms with E-state index in [0.717, 1.165) is 45.6 Å². The second-order valence-corrected chi connectivity index (χ2v) is 13.7. The van der Waals surface area contributed by atoms with Gasteiger partial charge in [0.1, 0.15) is 17.6 Å². The van der Waals surface area contributed by atoms with Gasteiger partial charge in [0.2, 0.25) is 11.2 Å². The fourth-order valence-electron chi connectivity index (χ4n) is 9.66. The number of allylic oxidation sites excluding steroid dienone is 2. The van der Waals surface area contributed by atoms with Crippen LogP contribution in [0.2, 0.25) is 0 Å². The van der Waals surface area contributed by atoms with Crippen LogP contribution >= 0.6 is 0 Å². The van der Waals surface area contributed by atoms with Crippen molar-refractivity contribution in [1.29, 1.82) is 0 Å². The molecular weight excluding hydrogens is 700 g/mol. The number of fused-ring (bicyclic) bond motifs is 3. The molecule has 2 aromatic rings. The molecule has 0 aliphatic heterocycles. The number of carbonyl (C=O) groups excluding carboxylic acids is 2. The summed E-state index contributed by atoms with van der Waals surface area (Å²) in [5, 5.41) is 0. The third-order valence-electron chi connectivity index (χ3n) is 11.4. The van der Waals surface area contributed by atoms with Crippen LogP contribution in [0.5, 0.6) is 0 Å². The monoisotopic (exact) mass is 754 g/mol. The Bertz CT molecular complexity index is 1840. The number of ether oxygens (including phenoxy) is 8. The molecule has 0 heterocycles. The quantitative estimate of drug-likeness (QED) is 0.123. The molecule has 0 saturated heterocycles. The normalized spacial score (nSPS) is 24.2. The Balaban J connectivity index is 2.30. The molecule has 0 bridgehead atoms. The molecule has 0 aromatic heterocycles. The van der Waals surface area contributed by atoms with E-state index in [-0.39, 0.29) is 11.5 Å². The zero-order valence-corrected chi connectivity index (χ0v) is 33.8. The van der Waals surface area contributed by atoms with Crippen LogP contribution in [0.15, 0.2) is 119 Å². The Labute approximate surface area is 325 Å². The highest BCUT2D eigenvalue weighted by Crippen LogP contribution is 2.70. The summed E-state index contributed by atoms with van der Waals surface area (Å²) < 4.78 is 53.1. The van der Waals surface area contributed by atoms with Crippen LogP contribution in [0.25, 0.3) is 11.1 Å². The Morgan fingerprint density at radius 2 is 0.982 bits per heavy atom. The van der Waals surface area contributed by atoms with Gasteiger partial charge in [-0.15, -0.1) is 0 Å². The average Bonchev–Trinajstić information content (AvgIpc) is 3.51. The van der Waals surface area contributed by atoms with Crippen molar-refractivity contribution in [3.05, 3.63) is 130 Å². The largest absolute Gasteiger partial charge is 0.493 e. The van der Waals surface area contributed by atoms with Crippen molar-refractivity contribution in [1.82, 2.24) is 0 Å². The minimum Gasteiger partial charge on any atom is -0.493 e. The van der Waals surface area contributed by atoms with Gasteiger partial charge in [0.05, 0.1) is 28.4 Å². The minimum atomic E-state index is -2.11. The number of benzene rings is 2. The number of hydrogen-bond acceptors (Lipinski definition) is 10. The van der Waals surface area contributed by atoms with Crippen molar-refractivity contribution in [2.24, 2.45) is 0 Å². The van der Waals surface area contributed by atoms with Crippen molar-refractivity contribution < 1.29 is 47.5 Å². The van der Waals surface area contributed by atoms with E-state index in [9.17, 15) is 9.59 Å². The van der Waals surface area contributed by atoms with Crippen molar-refractivity contribution in [3.8, 4) is 11.1 Å². The zero-order valence-electron chi connectivity index (χ0n) is 33.8. The summed E-state index contributed by atoms with van der Waals surface area (Å²) >= 11 is 0. The zero-order chi connectivity index (χ0) is 40.3. The summed E-state index contributed by atoms with van der Waals surface area (Å²) in [6.07, 6.45) is 2.45. The van der Waals surface area contributed by atoms with E-state index >= 15 is 0 Å². The van der Waals surface area contributed by atoms with Gasteiger partial charge >= 0.3 is 11.9 Å². The number of esters is 2. The second-order valence-electron chi connectivity index (χ2n) is 13.7. The number of hydrogen-bond donors (Lipinski definition) is 0. The van der Waals surface area contributed by atoms with E-state index in [0.29, 0.717) is 48.3 Å². The van der Waals surface area contributed by atoms with Gasteiger partial charge in [-0.25, -0.2) is 9.59 Å². The van der Waals surface area contributed by atoms with Crippen molar-refractivity contribution in [3.63, 3.8) is 0 Å². The lowest BCUT2D eigenvalue weighted by Crippen LogP contribution is -2.77. The Morgan fingerprint density at radius 3 is 1.27 bits per heavy atom. The molecule has 10 nitrogen and oxygen atoms in total. The van der Waals surface area contributed by atoms with Crippen molar-refractivity contribution >= 4 is 11.9 Å². The van der Waals surface area contributed by atoms with E-state index in [1.54, 1.807) is 28.4 Å². The summed E-state index contributed by atoms with van der Waals surface area (Å²) in [6.45, 7) is 15.6. The van der Waals surface area contributed by atoms with Crippen LogP contribution in [0.4, 0.5) is 0 Å². The second kappa shape index (κ2) is 16.4. The van der Waals surface area contributed by atoms with Crippen LogP contribution < -0.4 is 0 Å². The van der Waals surface area contributed by atoms with Crippen LogP contribution in [-0.2, 0) is 52.9 Å². The summed E-state index contributed by atoms with van der Waals surface area (Å²) in [7, 11) is 9.19. The van der Waals surface area contributed by atoms with E-state index in [1.165, 1.54) is 14.2 Å². The SMILES string of the molecule is C=CC(=O)OC1(C2(C3(OC(=O)C=C)C(OC)=C(OC)C(C)=C(CCC)C3OC)c3ccccc3-c3ccccc32)C(OC)=C(OC)C(C)=C(CCC)C1OC. The molecule has 3 aliphatic rings.